The number of aliphatic hydroxyl groups is 1. The number of rotatable bonds is 5. The number of aryl methyl sites for hydroxylation is 1. The first-order chi connectivity index (χ1) is 18.4. The van der Waals surface area contributed by atoms with Crippen molar-refractivity contribution in [2.45, 2.75) is 44.2 Å². The van der Waals surface area contributed by atoms with Crippen LogP contribution >= 0.6 is 0 Å². The van der Waals surface area contributed by atoms with Crippen molar-refractivity contribution in [3.05, 3.63) is 123 Å². The Labute approximate surface area is 219 Å². The second kappa shape index (κ2) is 9.33. The van der Waals surface area contributed by atoms with Gasteiger partial charge in [0.2, 0.25) is 0 Å². The number of hydrogen-bond donors (Lipinski definition) is 2. The van der Waals surface area contributed by atoms with Crippen LogP contribution in [0.15, 0.2) is 77.6 Å². The molecule has 6 nitrogen and oxygen atoms in total. The van der Waals surface area contributed by atoms with E-state index in [9.17, 15) is 19.1 Å². The number of nitrogens with zero attached hydrogens (tertiary/aromatic N) is 2. The molecule has 1 aromatic heterocycles. The van der Waals surface area contributed by atoms with Gasteiger partial charge in [0.05, 0.1) is 23.2 Å². The molecule has 3 aromatic carbocycles. The Balaban J connectivity index is 1.23. The third-order valence-corrected chi connectivity index (χ3v) is 7.86. The fourth-order valence-electron chi connectivity index (χ4n) is 5.48. The van der Waals surface area contributed by atoms with E-state index in [1.54, 1.807) is 24.3 Å². The molecule has 2 N–H and O–H groups in total. The molecule has 1 saturated carbocycles. The number of benzene rings is 3. The molecule has 192 valence electrons. The Bertz CT molecular complexity index is 1590. The summed E-state index contributed by atoms with van der Waals surface area (Å²) in [5.74, 6) is -0.134. The predicted molar refractivity (Wildman–Crippen MR) is 142 cm³/mol. The highest BCUT2D eigenvalue weighted by atomic mass is 19.1. The normalized spacial score (nSPS) is 16.6. The molecule has 0 radical (unpaired) electrons. The standard InChI is InChI=1S/C31H28FN3O3/c1-19-10-11-23(32)17-24(19)20-6-5-7-21(16-20)27(36)29(38)35-15-12-26-25(18-35)28(37)34-30(33-26)31(13-14-31)22-8-3-2-4-9-22/h2-11,16-17,27,36H,12-15,18H2,1H3,(H,33,34,37). The molecule has 6 rings (SSSR count). The zero-order chi connectivity index (χ0) is 26.4. The van der Waals surface area contributed by atoms with Crippen molar-refractivity contribution in [1.82, 2.24) is 14.9 Å². The highest BCUT2D eigenvalue weighted by Gasteiger charge is 2.48. The lowest BCUT2D eigenvalue weighted by molar-refractivity contribution is -0.141. The number of aromatic amines is 1. The maximum Gasteiger partial charge on any atom is 0.256 e. The van der Waals surface area contributed by atoms with E-state index >= 15 is 0 Å². The minimum Gasteiger partial charge on any atom is -0.378 e. The SMILES string of the molecule is Cc1ccc(F)cc1-c1cccc(C(O)C(=O)N2CCc3nc(C4(c5ccccc5)CC4)[nH]c(=O)c3C2)c1. The summed E-state index contributed by atoms with van der Waals surface area (Å²) in [6.07, 6.45) is 0.913. The first-order valence-electron chi connectivity index (χ1n) is 12.9. The summed E-state index contributed by atoms with van der Waals surface area (Å²) in [6, 6.07) is 21.6. The summed E-state index contributed by atoms with van der Waals surface area (Å²) >= 11 is 0. The van der Waals surface area contributed by atoms with Crippen LogP contribution < -0.4 is 5.56 Å². The van der Waals surface area contributed by atoms with E-state index in [0.717, 1.165) is 29.5 Å². The van der Waals surface area contributed by atoms with Gasteiger partial charge >= 0.3 is 0 Å². The largest absolute Gasteiger partial charge is 0.378 e. The van der Waals surface area contributed by atoms with Gasteiger partial charge in [0, 0.05) is 13.0 Å². The van der Waals surface area contributed by atoms with Crippen LogP contribution in [0.2, 0.25) is 0 Å². The van der Waals surface area contributed by atoms with Crippen LogP contribution in [0.3, 0.4) is 0 Å². The van der Waals surface area contributed by atoms with Crippen LogP contribution in [0.1, 0.15) is 52.7 Å². The van der Waals surface area contributed by atoms with Gasteiger partial charge in [-0.2, -0.15) is 0 Å². The van der Waals surface area contributed by atoms with Crippen LogP contribution in [0.25, 0.3) is 11.1 Å². The number of carbonyl (C=O) groups excluding carboxylic acids is 1. The summed E-state index contributed by atoms with van der Waals surface area (Å²) in [5.41, 5.74) is 4.58. The second-order valence-corrected chi connectivity index (χ2v) is 10.3. The number of carbonyl (C=O) groups is 1. The zero-order valence-electron chi connectivity index (χ0n) is 21.1. The van der Waals surface area contributed by atoms with E-state index in [0.29, 0.717) is 41.2 Å². The number of hydrogen-bond acceptors (Lipinski definition) is 4. The van der Waals surface area contributed by atoms with Crippen LogP contribution in [0.5, 0.6) is 0 Å². The second-order valence-electron chi connectivity index (χ2n) is 10.3. The fraction of sp³-hybridized carbons (Fsp3) is 0.258. The van der Waals surface area contributed by atoms with E-state index < -0.39 is 12.0 Å². The number of fused-ring (bicyclic) bond motifs is 1. The Kier molecular flexibility index (Phi) is 5.95. The molecule has 1 atom stereocenters. The number of aromatic nitrogens is 2. The van der Waals surface area contributed by atoms with Gasteiger partial charge in [-0.15, -0.1) is 0 Å². The fourth-order valence-corrected chi connectivity index (χ4v) is 5.48. The van der Waals surface area contributed by atoms with Gasteiger partial charge in [0.1, 0.15) is 11.6 Å². The topological polar surface area (TPSA) is 86.3 Å². The molecule has 2 aliphatic rings. The van der Waals surface area contributed by atoms with Gasteiger partial charge in [-0.3, -0.25) is 9.59 Å². The maximum absolute atomic E-state index is 13.9. The number of amides is 1. The third-order valence-electron chi connectivity index (χ3n) is 7.86. The molecule has 4 aromatic rings. The third kappa shape index (κ3) is 4.23. The summed E-state index contributed by atoms with van der Waals surface area (Å²) in [4.78, 5) is 35.8. The molecule has 38 heavy (non-hydrogen) atoms. The molecule has 0 bridgehead atoms. The lowest BCUT2D eigenvalue weighted by atomic mass is 9.94. The summed E-state index contributed by atoms with van der Waals surface area (Å²) in [6.45, 7) is 2.34. The van der Waals surface area contributed by atoms with Gasteiger partial charge in [-0.05, 0) is 65.8 Å². The van der Waals surface area contributed by atoms with Crippen molar-refractivity contribution in [1.29, 1.82) is 0 Å². The quantitative estimate of drug-likeness (QED) is 0.412. The monoisotopic (exact) mass is 509 g/mol. The molecule has 2 heterocycles. The molecule has 1 fully saturated rings. The number of aliphatic hydroxyl groups excluding tert-OH is 1. The molecule has 1 unspecified atom stereocenters. The van der Waals surface area contributed by atoms with Crippen LogP contribution in [0.4, 0.5) is 4.39 Å². The Morgan fingerprint density at radius 3 is 2.63 bits per heavy atom. The van der Waals surface area contributed by atoms with E-state index in [-0.39, 0.29) is 23.3 Å². The molecule has 1 aliphatic heterocycles. The Hall–Kier alpha value is -4.10. The number of nitrogens with one attached hydrogen (secondary N) is 1. The van der Waals surface area contributed by atoms with Crippen molar-refractivity contribution in [3.8, 4) is 11.1 Å². The minimum atomic E-state index is -1.40. The molecule has 0 saturated heterocycles. The zero-order valence-corrected chi connectivity index (χ0v) is 21.1. The summed E-state index contributed by atoms with van der Waals surface area (Å²) in [5, 5.41) is 11.0. The maximum atomic E-state index is 13.9. The average Bonchev–Trinajstić information content (AvgIpc) is 3.76. The van der Waals surface area contributed by atoms with E-state index in [1.807, 2.05) is 31.2 Å². The smallest absolute Gasteiger partial charge is 0.256 e. The number of H-pyrrole nitrogens is 1. The van der Waals surface area contributed by atoms with Crippen molar-refractivity contribution in [2.75, 3.05) is 6.54 Å². The first-order valence-corrected chi connectivity index (χ1v) is 12.9. The van der Waals surface area contributed by atoms with E-state index in [4.69, 9.17) is 4.98 Å². The van der Waals surface area contributed by atoms with Crippen molar-refractivity contribution >= 4 is 5.91 Å². The summed E-state index contributed by atoms with van der Waals surface area (Å²) in [7, 11) is 0. The lowest BCUT2D eigenvalue weighted by Gasteiger charge is -2.30. The summed E-state index contributed by atoms with van der Waals surface area (Å²) < 4.78 is 13.9. The van der Waals surface area contributed by atoms with Crippen molar-refractivity contribution < 1.29 is 14.3 Å². The van der Waals surface area contributed by atoms with Crippen molar-refractivity contribution in [3.63, 3.8) is 0 Å². The van der Waals surface area contributed by atoms with Gasteiger partial charge in [0.15, 0.2) is 6.10 Å². The minimum absolute atomic E-state index is 0.0921. The highest BCUT2D eigenvalue weighted by Crippen LogP contribution is 2.52. The number of halogens is 1. The first kappa shape index (κ1) is 24.2. The van der Waals surface area contributed by atoms with Crippen LogP contribution in [-0.4, -0.2) is 32.4 Å². The molecule has 7 heteroatoms. The van der Waals surface area contributed by atoms with Crippen LogP contribution in [-0.2, 0) is 23.2 Å². The van der Waals surface area contributed by atoms with Crippen LogP contribution in [0, 0.1) is 12.7 Å². The molecule has 1 amide bonds. The van der Waals surface area contributed by atoms with Gasteiger partial charge in [-0.25, -0.2) is 9.37 Å². The molecule has 1 aliphatic carbocycles. The molecular weight excluding hydrogens is 481 g/mol. The van der Waals surface area contributed by atoms with E-state index in [1.165, 1.54) is 17.0 Å². The van der Waals surface area contributed by atoms with Gasteiger partial charge in [0.25, 0.3) is 11.5 Å². The van der Waals surface area contributed by atoms with Gasteiger partial charge in [-0.1, -0.05) is 54.6 Å². The predicted octanol–water partition coefficient (Wildman–Crippen LogP) is 4.58. The highest BCUT2D eigenvalue weighted by molar-refractivity contribution is 5.83. The Morgan fingerprint density at radius 2 is 1.87 bits per heavy atom. The van der Waals surface area contributed by atoms with Crippen molar-refractivity contribution in [2.24, 2.45) is 0 Å². The molecular formula is C31H28FN3O3. The van der Waals surface area contributed by atoms with E-state index in [2.05, 4.69) is 17.1 Å². The lowest BCUT2D eigenvalue weighted by Crippen LogP contribution is -2.42. The average molecular weight is 510 g/mol. The Morgan fingerprint density at radius 1 is 1.08 bits per heavy atom. The molecule has 0 spiro atoms. The van der Waals surface area contributed by atoms with Gasteiger partial charge < -0.3 is 15.0 Å².